The van der Waals surface area contributed by atoms with E-state index < -0.39 is 5.91 Å². The number of hydrogen-bond donors (Lipinski definition) is 1. The maximum Gasteiger partial charge on any atom is 0.322 e. The van der Waals surface area contributed by atoms with Crippen LogP contribution in [0, 0.1) is 0 Å². The Morgan fingerprint density at radius 3 is 3.00 bits per heavy atom. The molecule has 6 nitrogen and oxygen atoms in total. The van der Waals surface area contributed by atoms with Crippen LogP contribution in [0.2, 0.25) is 0 Å². The third-order valence-corrected chi connectivity index (χ3v) is 2.84. The summed E-state index contributed by atoms with van der Waals surface area (Å²) in [6, 6.07) is 5.07. The van der Waals surface area contributed by atoms with Crippen molar-refractivity contribution in [2.24, 2.45) is 0 Å². The number of aromatic nitrogens is 2. The van der Waals surface area contributed by atoms with Crippen LogP contribution >= 0.6 is 11.3 Å². The van der Waals surface area contributed by atoms with E-state index in [1.54, 1.807) is 12.1 Å². The van der Waals surface area contributed by atoms with Crippen molar-refractivity contribution in [1.29, 1.82) is 0 Å². The van der Waals surface area contributed by atoms with E-state index in [0.717, 1.165) is 5.56 Å². The molecule has 1 amide bonds. The highest BCUT2D eigenvalue weighted by molar-refractivity contribution is 7.08. The van der Waals surface area contributed by atoms with Crippen molar-refractivity contribution in [2.45, 2.75) is 0 Å². The number of anilines is 1. The monoisotopic (exact) mass is 261 g/mol. The second kappa shape index (κ2) is 4.46. The van der Waals surface area contributed by atoms with Crippen molar-refractivity contribution in [3.05, 3.63) is 41.0 Å². The van der Waals surface area contributed by atoms with E-state index in [9.17, 15) is 4.79 Å². The molecule has 0 saturated heterocycles. The number of amides is 1. The molecule has 0 aliphatic rings. The van der Waals surface area contributed by atoms with Gasteiger partial charge in [0.15, 0.2) is 5.76 Å². The zero-order valence-electron chi connectivity index (χ0n) is 8.99. The quantitative estimate of drug-likeness (QED) is 0.783. The Hall–Kier alpha value is -2.41. The topological polar surface area (TPSA) is 81.2 Å². The van der Waals surface area contributed by atoms with Crippen molar-refractivity contribution in [3.63, 3.8) is 0 Å². The molecule has 0 fully saturated rings. The van der Waals surface area contributed by atoms with Gasteiger partial charge in [0, 0.05) is 10.9 Å². The van der Waals surface area contributed by atoms with Crippen molar-refractivity contribution in [3.8, 4) is 11.5 Å². The molecule has 1 N–H and O–H groups in total. The zero-order chi connectivity index (χ0) is 12.4. The summed E-state index contributed by atoms with van der Waals surface area (Å²) in [4.78, 5) is 11.6. The van der Waals surface area contributed by atoms with Crippen LogP contribution in [-0.4, -0.2) is 16.1 Å². The Kier molecular flexibility index (Phi) is 2.66. The third-order valence-electron chi connectivity index (χ3n) is 2.16. The molecule has 0 radical (unpaired) electrons. The molecule has 0 aliphatic heterocycles. The van der Waals surface area contributed by atoms with Gasteiger partial charge >= 0.3 is 6.01 Å². The number of rotatable bonds is 3. The average molecular weight is 261 g/mol. The fourth-order valence-corrected chi connectivity index (χ4v) is 1.97. The van der Waals surface area contributed by atoms with Gasteiger partial charge in [-0.25, -0.2) is 0 Å². The Bertz CT molecular complexity index is 643. The van der Waals surface area contributed by atoms with Crippen molar-refractivity contribution in [2.75, 3.05) is 5.32 Å². The van der Waals surface area contributed by atoms with Gasteiger partial charge in [-0.15, -0.1) is 5.10 Å². The molecule has 90 valence electrons. The summed E-state index contributed by atoms with van der Waals surface area (Å²) < 4.78 is 10.3. The lowest BCUT2D eigenvalue weighted by Gasteiger charge is -1.95. The van der Waals surface area contributed by atoms with Gasteiger partial charge in [-0.1, -0.05) is 5.10 Å². The van der Waals surface area contributed by atoms with E-state index in [1.165, 1.54) is 17.6 Å². The highest BCUT2D eigenvalue weighted by atomic mass is 32.1. The molecule has 0 spiro atoms. The number of carbonyl (C=O) groups excluding carboxylic acids is 1. The van der Waals surface area contributed by atoms with Gasteiger partial charge in [0.1, 0.15) is 0 Å². The van der Waals surface area contributed by atoms with Crippen LogP contribution in [0.4, 0.5) is 6.01 Å². The van der Waals surface area contributed by atoms with Crippen LogP contribution in [0.25, 0.3) is 11.5 Å². The van der Waals surface area contributed by atoms with Crippen LogP contribution in [0.5, 0.6) is 0 Å². The fourth-order valence-electron chi connectivity index (χ4n) is 1.34. The number of nitrogens with one attached hydrogen (secondary N) is 1. The summed E-state index contributed by atoms with van der Waals surface area (Å²) in [6.07, 6.45) is 1.42. The summed E-state index contributed by atoms with van der Waals surface area (Å²) >= 11 is 1.53. The van der Waals surface area contributed by atoms with E-state index in [4.69, 9.17) is 8.83 Å². The molecule has 0 saturated carbocycles. The maximum atomic E-state index is 11.6. The van der Waals surface area contributed by atoms with Crippen molar-refractivity contribution >= 4 is 23.3 Å². The highest BCUT2D eigenvalue weighted by Gasteiger charge is 2.14. The summed E-state index contributed by atoms with van der Waals surface area (Å²) in [5.41, 5.74) is 0.825. The lowest BCUT2D eigenvalue weighted by Crippen LogP contribution is -2.10. The number of thiophene rings is 1. The van der Waals surface area contributed by atoms with Gasteiger partial charge in [0.25, 0.3) is 11.8 Å². The molecule has 0 aliphatic carbocycles. The Labute approximate surface area is 105 Å². The minimum atomic E-state index is -0.430. The van der Waals surface area contributed by atoms with E-state index >= 15 is 0 Å². The zero-order valence-corrected chi connectivity index (χ0v) is 9.81. The molecule has 0 unspecified atom stereocenters. The molecule has 7 heteroatoms. The van der Waals surface area contributed by atoms with Crippen LogP contribution in [0.1, 0.15) is 10.6 Å². The molecule has 3 rings (SSSR count). The third kappa shape index (κ3) is 2.03. The highest BCUT2D eigenvalue weighted by Crippen LogP contribution is 2.22. The first-order valence-electron chi connectivity index (χ1n) is 5.04. The van der Waals surface area contributed by atoms with Crippen LogP contribution in [0.3, 0.4) is 0 Å². The smallest absolute Gasteiger partial charge is 0.322 e. The van der Waals surface area contributed by atoms with Gasteiger partial charge in [0.05, 0.1) is 6.26 Å². The number of carbonyl (C=O) groups is 1. The molecular formula is C11H7N3O3S. The lowest BCUT2D eigenvalue weighted by atomic mass is 10.3. The first-order valence-corrected chi connectivity index (χ1v) is 5.98. The predicted molar refractivity (Wildman–Crippen MR) is 64.3 cm³/mol. The summed E-state index contributed by atoms with van der Waals surface area (Å²) in [7, 11) is 0. The summed E-state index contributed by atoms with van der Waals surface area (Å²) in [5.74, 6) is 0.122. The summed E-state index contributed by atoms with van der Waals surface area (Å²) in [5, 5.41) is 13.8. The van der Waals surface area contributed by atoms with Gasteiger partial charge in [0.2, 0.25) is 0 Å². The van der Waals surface area contributed by atoms with Crippen LogP contribution in [-0.2, 0) is 0 Å². The number of hydrogen-bond acceptors (Lipinski definition) is 6. The molecule has 0 atom stereocenters. The Morgan fingerprint density at radius 2 is 2.28 bits per heavy atom. The second-order valence-electron chi connectivity index (χ2n) is 3.36. The van der Waals surface area contributed by atoms with Gasteiger partial charge in [-0.3, -0.25) is 10.1 Å². The first kappa shape index (κ1) is 10.7. The summed E-state index contributed by atoms with van der Waals surface area (Å²) in [6.45, 7) is 0. The maximum absolute atomic E-state index is 11.6. The van der Waals surface area contributed by atoms with Gasteiger partial charge in [-0.05, 0) is 23.6 Å². The number of furan rings is 1. The fraction of sp³-hybridized carbons (Fsp3) is 0. The molecular weight excluding hydrogens is 254 g/mol. The molecule has 0 aromatic carbocycles. The minimum absolute atomic E-state index is 0.0394. The molecule has 3 heterocycles. The predicted octanol–water partition coefficient (Wildman–Crippen LogP) is 2.64. The molecule has 3 aromatic rings. The average Bonchev–Trinajstić information content (AvgIpc) is 3.12. The van der Waals surface area contributed by atoms with Gasteiger partial charge in [-0.2, -0.15) is 11.3 Å². The van der Waals surface area contributed by atoms with Gasteiger partial charge < -0.3 is 8.83 Å². The largest absolute Gasteiger partial charge is 0.459 e. The standard InChI is InChI=1S/C11H7N3O3S/c15-9(8-2-1-4-16-8)12-11-14-13-10(17-11)7-3-5-18-6-7/h1-6H,(H,12,14,15). The molecule has 3 aromatic heterocycles. The number of nitrogens with zero attached hydrogens (tertiary/aromatic N) is 2. The van der Waals surface area contributed by atoms with E-state index in [-0.39, 0.29) is 11.8 Å². The molecule has 18 heavy (non-hydrogen) atoms. The SMILES string of the molecule is O=C(Nc1nnc(-c2ccsc2)o1)c1ccco1. The van der Waals surface area contributed by atoms with Crippen molar-refractivity contribution in [1.82, 2.24) is 10.2 Å². The van der Waals surface area contributed by atoms with E-state index in [2.05, 4.69) is 15.5 Å². The van der Waals surface area contributed by atoms with Crippen LogP contribution < -0.4 is 5.32 Å². The van der Waals surface area contributed by atoms with E-state index in [1.807, 2.05) is 16.8 Å². The Morgan fingerprint density at radius 1 is 1.33 bits per heavy atom. The first-order chi connectivity index (χ1) is 8.83. The van der Waals surface area contributed by atoms with Crippen molar-refractivity contribution < 1.29 is 13.6 Å². The van der Waals surface area contributed by atoms with Crippen LogP contribution in [0.15, 0.2) is 44.1 Å². The lowest BCUT2D eigenvalue weighted by molar-refractivity contribution is 0.0994. The second-order valence-corrected chi connectivity index (χ2v) is 4.14. The minimum Gasteiger partial charge on any atom is -0.459 e. The normalized spacial score (nSPS) is 10.4. The molecule has 0 bridgehead atoms. The van der Waals surface area contributed by atoms with E-state index in [0.29, 0.717) is 5.89 Å². The Balaban J connectivity index is 1.76.